The van der Waals surface area contributed by atoms with Crippen LogP contribution in [0.15, 0.2) is 30.7 Å². The van der Waals surface area contributed by atoms with Crippen LogP contribution >= 0.6 is 0 Å². The summed E-state index contributed by atoms with van der Waals surface area (Å²) < 4.78 is 2.09. The van der Waals surface area contributed by atoms with Crippen molar-refractivity contribution >= 4 is 5.91 Å². The molecule has 1 amide bonds. The molecule has 1 saturated heterocycles. The molecule has 1 aliphatic rings. The molecule has 3 heterocycles. The van der Waals surface area contributed by atoms with Gasteiger partial charge in [0.25, 0.3) is 5.91 Å². The van der Waals surface area contributed by atoms with Crippen LogP contribution in [0.2, 0.25) is 0 Å². The molecule has 1 fully saturated rings. The van der Waals surface area contributed by atoms with Crippen molar-refractivity contribution in [3.63, 3.8) is 0 Å². The van der Waals surface area contributed by atoms with Gasteiger partial charge in [-0.25, -0.2) is 4.98 Å². The molecule has 0 saturated carbocycles. The lowest BCUT2D eigenvalue weighted by molar-refractivity contribution is 0.0710. The Morgan fingerprint density at radius 1 is 1.30 bits per heavy atom. The maximum Gasteiger partial charge on any atom is 0.253 e. The molecule has 0 unspecified atom stereocenters. The number of pyridine rings is 1. The second kappa shape index (κ2) is 6.91. The normalized spacial score (nSPS) is 15.8. The molecule has 23 heavy (non-hydrogen) atoms. The summed E-state index contributed by atoms with van der Waals surface area (Å²) in [7, 11) is 0. The van der Waals surface area contributed by atoms with Gasteiger partial charge in [-0.2, -0.15) is 0 Å². The highest BCUT2D eigenvalue weighted by atomic mass is 16.3. The largest absolute Gasteiger partial charge is 0.395 e. The monoisotopic (exact) mass is 314 g/mol. The number of aliphatic hydroxyl groups excluding tert-OH is 1. The molecule has 2 aromatic rings. The Hall–Kier alpha value is -2.21. The van der Waals surface area contributed by atoms with Crippen LogP contribution in [-0.4, -0.2) is 50.1 Å². The third-order valence-corrected chi connectivity index (χ3v) is 4.48. The number of piperidine rings is 1. The second-order valence-corrected chi connectivity index (χ2v) is 5.94. The minimum Gasteiger partial charge on any atom is -0.395 e. The summed E-state index contributed by atoms with van der Waals surface area (Å²) in [4.78, 5) is 22.8. The first-order valence-electron chi connectivity index (χ1n) is 8.03. The van der Waals surface area contributed by atoms with Crippen molar-refractivity contribution in [1.29, 1.82) is 0 Å². The van der Waals surface area contributed by atoms with E-state index in [0.29, 0.717) is 18.0 Å². The SMILES string of the molecule is Cc1cnc(C2CCN(C(=O)c3ccncc3)CC2)n1CCO. The van der Waals surface area contributed by atoms with Gasteiger partial charge < -0.3 is 14.6 Å². The molecule has 0 bridgehead atoms. The lowest BCUT2D eigenvalue weighted by Gasteiger charge is -2.32. The summed E-state index contributed by atoms with van der Waals surface area (Å²) in [6, 6.07) is 3.51. The molecule has 3 rings (SSSR count). The quantitative estimate of drug-likeness (QED) is 0.930. The maximum atomic E-state index is 12.5. The minimum absolute atomic E-state index is 0.0701. The van der Waals surface area contributed by atoms with E-state index in [1.54, 1.807) is 24.5 Å². The number of imidazole rings is 1. The number of hydrogen-bond acceptors (Lipinski definition) is 4. The summed E-state index contributed by atoms with van der Waals surface area (Å²) in [6.45, 7) is 4.17. The highest BCUT2D eigenvalue weighted by molar-refractivity contribution is 5.94. The molecule has 0 atom stereocenters. The van der Waals surface area contributed by atoms with Crippen molar-refractivity contribution in [3.05, 3.63) is 47.8 Å². The van der Waals surface area contributed by atoms with Crippen molar-refractivity contribution in [2.45, 2.75) is 32.2 Å². The average Bonchev–Trinajstić information content (AvgIpc) is 2.96. The van der Waals surface area contributed by atoms with Crippen LogP contribution in [0.25, 0.3) is 0 Å². The predicted molar refractivity (Wildman–Crippen MR) is 86.2 cm³/mol. The third-order valence-electron chi connectivity index (χ3n) is 4.48. The first-order valence-corrected chi connectivity index (χ1v) is 8.03. The summed E-state index contributed by atoms with van der Waals surface area (Å²) in [5.41, 5.74) is 1.76. The van der Waals surface area contributed by atoms with Crippen molar-refractivity contribution in [3.8, 4) is 0 Å². The van der Waals surface area contributed by atoms with E-state index >= 15 is 0 Å². The van der Waals surface area contributed by atoms with Gasteiger partial charge in [-0.3, -0.25) is 9.78 Å². The summed E-state index contributed by atoms with van der Waals surface area (Å²) in [6.07, 6.45) is 6.96. The van der Waals surface area contributed by atoms with E-state index < -0.39 is 0 Å². The van der Waals surface area contributed by atoms with Crippen LogP contribution in [0, 0.1) is 6.92 Å². The van der Waals surface area contributed by atoms with E-state index in [-0.39, 0.29) is 12.5 Å². The molecule has 6 heteroatoms. The standard InChI is InChI=1S/C17H22N4O2/c1-13-12-19-16(21(13)10-11-22)14-4-8-20(9-5-14)17(23)15-2-6-18-7-3-15/h2-3,6-7,12,14,22H,4-5,8-11H2,1H3. The number of carbonyl (C=O) groups is 1. The smallest absolute Gasteiger partial charge is 0.253 e. The van der Waals surface area contributed by atoms with Gasteiger partial charge in [0.15, 0.2) is 0 Å². The molecule has 0 aliphatic carbocycles. The number of aliphatic hydroxyl groups is 1. The number of carbonyl (C=O) groups excluding carboxylic acids is 1. The number of likely N-dealkylation sites (tertiary alicyclic amines) is 1. The zero-order chi connectivity index (χ0) is 16.2. The molecule has 2 aromatic heterocycles. The summed E-state index contributed by atoms with van der Waals surface area (Å²) in [5, 5.41) is 9.22. The van der Waals surface area contributed by atoms with Gasteiger partial charge >= 0.3 is 0 Å². The fourth-order valence-corrected chi connectivity index (χ4v) is 3.21. The van der Waals surface area contributed by atoms with E-state index in [2.05, 4.69) is 14.5 Å². The molecule has 0 spiro atoms. The Balaban J connectivity index is 1.66. The molecule has 122 valence electrons. The molecule has 6 nitrogen and oxygen atoms in total. The predicted octanol–water partition coefficient (Wildman–Crippen LogP) is 1.60. The summed E-state index contributed by atoms with van der Waals surface area (Å²) >= 11 is 0. The molecular weight excluding hydrogens is 292 g/mol. The van der Waals surface area contributed by atoms with Gasteiger partial charge in [-0.15, -0.1) is 0 Å². The van der Waals surface area contributed by atoms with E-state index in [9.17, 15) is 9.90 Å². The van der Waals surface area contributed by atoms with Crippen LogP contribution in [0.3, 0.4) is 0 Å². The number of hydrogen-bond donors (Lipinski definition) is 1. The van der Waals surface area contributed by atoms with Crippen molar-refractivity contribution < 1.29 is 9.90 Å². The van der Waals surface area contributed by atoms with Gasteiger partial charge in [0.2, 0.25) is 0 Å². The van der Waals surface area contributed by atoms with Crippen molar-refractivity contribution in [2.24, 2.45) is 0 Å². The van der Waals surface area contributed by atoms with Crippen molar-refractivity contribution in [1.82, 2.24) is 19.4 Å². The van der Waals surface area contributed by atoms with Crippen LogP contribution in [0.1, 0.15) is 40.6 Å². The van der Waals surface area contributed by atoms with E-state index in [4.69, 9.17) is 0 Å². The minimum atomic E-state index is 0.0701. The Morgan fingerprint density at radius 2 is 2.00 bits per heavy atom. The lowest BCUT2D eigenvalue weighted by atomic mass is 9.95. The molecule has 1 aliphatic heterocycles. The van der Waals surface area contributed by atoms with Crippen molar-refractivity contribution in [2.75, 3.05) is 19.7 Å². The highest BCUT2D eigenvalue weighted by Crippen LogP contribution is 2.28. The topological polar surface area (TPSA) is 71.2 Å². The van der Waals surface area contributed by atoms with E-state index in [1.807, 2.05) is 18.0 Å². The van der Waals surface area contributed by atoms with E-state index in [0.717, 1.165) is 37.4 Å². The van der Waals surface area contributed by atoms with Crippen LogP contribution in [-0.2, 0) is 6.54 Å². The average molecular weight is 314 g/mol. The first kappa shape index (κ1) is 15.7. The maximum absolute atomic E-state index is 12.5. The van der Waals surface area contributed by atoms with Crippen LogP contribution in [0.4, 0.5) is 0 Å². The Bertz CT molecular complexity index is 660. The number of amides is 1. The molecule has 0 aromatic carbocycles. The van der Waals surface area contributed by atoms with Crippen LogP contribution < -0.4 is 0 Å². The summed E-state index contributed by atoms with van der Waals surface area (Å²) in [5.74, 6) is 1.45. The van der Waals surface area contributed by atoms with Gasteiger partial charge in [-0.05, 0) is 31.9 Å². The number of aryl methyl sites for hydroxylation is 1. The molecule has 0 radical (unpaired) electrons. The molecular formula is C17H22N4O2. The Labute approximate surface area is 135 Å². The van der Waals surface area contributed by atoms with E-state index in [1.165, 1.54) is 0 Å². The van der Waals surface area contributed by atoms with Crippen LogP contribution in [0.5, 0.6) is 0 Å². The lowest BCUT2D eigenvalue weighted by Crippen LogP contribution is -2.38. The third kappa shape index (κ3) is 3.27. The first-order chi connectivity index (χ1) is 11.2. The fraction of sp³-hybridized carbons (Fsp3) is 0.471. The van der Waals surface area contributed by atoms with Gasteiger partial charge in [-0.1, -0.05) is 0 Å². The van der Waals surface area contributed by atoms with Gasteiger partial charge in [0.05, 0.1) is 6.61 Å². The number of nitrogens with zero attached hydrogens (tertiary/aromatic N) is 4. The second-order valence-electron chi connectivity index (χ2n) is 5.94. The van der Waals surface area contributed by atoms with Gasteiger partial charge in [0, 0.05) is 55.4 Å². The Morgan fingerprint density at radius 3 is 2.65 bits per heavy atom. The number of aromatic nitrogens is 3. The number of rotatable bonds is 4. The fourth-order valence-electron chi connectivity index (χ4n) is 3.21. The highest BCUT2D eigenvalue weighted by Gasteiger charge is 2.27. The molecule has 1 N–H and O–H groups in total. The zero-order valence-electron chi connectivity index (χ0n) is 13.4. The zero-order valence-corrected chi connectivity index (χ0v) is 13.4. The van der Waals surface area contributed by atoms with Gasteiger partial charge in [0.1, 0.15) is 5.82 Å². The Kier molecular flexibility index (Phi) is 4.71.